The number of aliphatic imine (C=N–C) groups is 1. The first kappa shape index (κ1) is 22.7. The lowest BCUT2D eigenvalue weighted by Gasteiger charge is -2.31. The minimum Gasteiger partial charge on any atom is -0.353 e. The van der Waals surface area contributed by atoms with Gasteiger partial charge in [-0.3, -0.25) is 4.79 Å². The van der Waals surface area contributed by atoms with Gasteiger partial charge in [0.2, 0.25) is 5.91 Å². The molecule has 1 aromatic carbocycles. The van der Waals surface area contributed by atoms with Gasteiger partial charge in [0.15, 0.2) is 5.96 Å². The lowest BCUT2D eigenvalue weighted by Crippen LogP contribution is -2.49. The number of nitrogens with one attached hydrogen (secondary N) is 2. The van der Waals surface area contributed by atoms with Crippen molar-refractivity contribution in [2.24, 2.45) is 10.9 Å². The Morgan fingerprint density at radius 1 is 1.27 bits per heavy atom. The molecular weight excluding hydrogens is 446 g/mol. The molecule has 1 amide bonds. The summed E-state index contributed by atoms with van der Waals surface area (Å²) in [5, 5.41) is 6.52. The molecule has 26 heavy (non-hydrogen) atoms. The van der Waals surface area contributed by atoms with Crippen LogP contribution in [0.25, 0.3) is 0 Å². The van der Waals surface area contributed by atoms with Crippen LogP contribution in [0.5, 0.6) is 0 Å². The van der Waals surface area contributed by atoms with Gasteiger partial charge in [-0.15, -0.1) is 24.0 Å². The second-order valence-electron chi connectivity index (χ2n) is 6.91. The van der Waals surface area contributed by atoms with E-state index in [9.17, 15) is 9.18 Å². The zero-order valence-electron chi connectivity index (χ0n) is 15.8. The Kier molecular flexibility index (Phi) is 9.90. The number of nitrogens with zero attached hydrogens (tertiary/aromatic N) is 2. The van der Waals surface area contributed by atoms with Crippen molar-refractivity contribution in [2.45, 2.75) is 45.2 Å². The Balaban J connectivity index is 0.00000338. The van der Waals surface area contributed by atoms with Crippen molar-refractivity contribution < 1.29 is 9.18 Å². The molecule has 1 fully saturated rings. The van der Waals surface area contributed by atoms with Crippen molar-refractivity contribution in [1.82, 2.24) is 15.5 Å². The summed E-state index contributed by atoms with van der Waals surface area (Å²) in [6, 6.07) is 6.96. The van der Waals surface area contributed by atoms with Crippen molar-refractivity contribution in [3.05, 3.63) is 35.6 Å². The summed E-state index contributed by atoms with van der Waals surface area (Å²) in [6.45, 7) is 2.63. The molecule has 2 rings (SSSR count). The van der Waals surface area contributed by atoms with E-state index in [1.807, 2.05) is 0 Å². The van der Waals surface area contributed by atoms with E-state index in [1.54, 1.807) is 32.3 Å². The number of hydrogen-bond acceptors (Lipinski definition) is 2. The number of halogens is 2. The maximum absolute atomic E-state index is 13.8. The molecule has 1 aliphatic carbocycles. The van der Waals surface area contributed by atoms with Crippen LogP contribution in [0.2, 0.25) is 0 Å². The maximum atomic E-state index is 13.8. The third-order valence-electron chi connectivity index (χ3n) is 4.70. The summed E-state index contributed by atoms with van der Waals surface area (Å²) in [6.07, 6.45) is 4.73. The van der Waals surface area contributed by atoms with Crippen LogP contribution in [0.3, 0.4) is 0 Å². The second kappa shape index (κ2) is 11.4. The van der Waals surface area contributed by atoms with Crippen LogP contribution >= 0.6 is 24.0 Å². The Morgan fingerprint density at radius 3 is 2.62 bits per heavy atom. The number of carbonyl (C=O) groups is 1. The van der Waals surface area contributed by atoms with Crippen LogP contribution in [0, 0.1) is 11.7 Å². The minimum atomic E-state index is -0.263. The standard InChI is InChI=1S/C19H29FN4O.HI/c1-14-8-4-7-11-17(14)23-19(22-13-18(25)24(2)3)21-12-15-9-5-6-10-16(15)20;/h5-6,9-10,14,17H,4,7-8,11-13H2,1-3H3,(H2,21,22,23);1H. The van der Waals surface area contributed by atoms with Gasteiger partial charge in [-0.25, -0.2) is 9.38 Å². The number of likely N-dealkylation sites (N-methyl/N-ethyl adjacent to an activating group) is 1. The molecule has 0 saturated heterocycles. The fraction of sp³-hybridized carbons (Fsp3) is 0.579. The predicted octanol–water partition coefficient (Wildman–Crippen LogP) is 3.15. The lowest BCUT2D eigenvalue weighted by atomic mass is 9.86. The molecule has 0 bridgehead atoms. The number of hydrogen-bond donors (Lipinski definition) is 2. The Labute approximate surface area is 172 Å². The van der Waals surface area contributed by atoms with Crippen molar-refractivity contribution in [3.63, 3.8) is 0 Å². The average Bonchev–Trinajstić information content (AvgIpc) is 2.59. The van der Waals surface area contributed by atoms with Crippen LogP contribution < -0.4 is 10.6 Å². The van der Waals surface area contributed by atoms with Crippen molar-refractivity contribution in [2.75, 3.05) is 20.6 Å². The molecule has 2 unspecified atom stereocenters. The van der Waals surface area contributed by atoms with Crippen molar-refractivity contribution in [1.29, 1.82) is 0 Å². The quantitative estimate of drug-likeness (QED) is 0.390. The van der Waals surface area contributed by atoms with E-state index < -0.39 is 0 Å². The molecule has 146 valence electrons. The Bertz CT molecular complexity index is 609. The van der Waals surface area contributed by atoms with Gasteiger partial charge in [0.1, 0.15) is 5.82 Å². The van der Waals surface area contributed by atoms with Crippen LogP contribution in [0.15, 0.2) is 29.3 Å². The maximum Gasteiger partial charge on any atom is 0.241 e. The van der Waals surface area contributed by atoms with Crippen molar-refractivity contribution >= 4 is 35.8 Å². The number of guanidine groups is 1. The molecule has 1 aliphatic rings. The highest BCUT2D eigenvalue weighted by atomic mass is 127. The van der Waals surface area contributed by atoms with E-state index in [0.29, 0.717) is 23.5 Å². The number of carbonyl (C=O) groups excluding carboxylic acids is 1. The molecule has 1 saturated carbocycles. The summed E-state index contributed by atoms with van der Waals surface area (Å²) in [5.74, 6) is 0.828. The van der Waals surface area contributed by atoms with Gasteiger partial charge in [0, 0.05) is 25.7 Å². The topological polar surface area (TPSA) is 56.7 Å². The molecule has 0 heterocycles. The summed E-state index contributed by atoms with van der Waals surface area (Å²) in [5.41, 5.74) is 0.541. The fourth-order valence-corrected chi connectivity index (χ4v) is 2.97. The summed E-state index contributed by atoms with van der Waals surface area (Å²) in [4.78, 5) is 17.9. The van der Waals surface area contributed by atoms with Gasteiger partial charge in [-0.05, 0) is 24.8 Å². The summed E-state index contributed by atoms with van der Waals surface area (Å²) in [7, 11) is 3.44. The smallest absolute Gasteiger partial charge is 0.241 e. The summed E-state index contributed by atoms with van der Waals surface area (Å²) >= 11 is 0. The zero-order valence-corrected chi connectivity index (χ0v) is 18.1. The van der Waals surface area contributed by atoms with Crippen LogP contribution in [0.1, 0.15) is 38.2 Å². The normalized spacial score (nSPS) is 20.1. The number of amides is 1. The first-order valence-electron chi connectivity index (χ1n) is 8.95. The molecule has 0 aromatic heterocycles. The van der Waals surface area contributed by atoms with E-state index in [-0.39, 0.29) is 48.8 Å². The monoisotopic (exact) mass is 476 g/mol. The SMILES string of the molecule is CC1CCCCC1NC(=NCc1ccccc1F)NCC(=O)N(C)C.I. The first-order valence-corrected chi connectivity index (χ1v) is 8.95. The second-order valence-corrected chi connectivity index (χ2v) is 6.91. The predicted molar refractivity (Wildman–Crippen MR) is 114 cm³/mol. The highest BCUT2D eigenvalue weighted by Crippen LogP contribution is 2.23. The molecule has 2 N–H and O–H groups in total. The molecule has 1 aromatic rings. The molecule has 0 radical (unpaired) electrons. The number of benzene rings is 1. The third kappa shape index (κ3) is 7.09. The molecule has 2 atom stereocenters. The van der Waals surface area contributed by atoms with Gasteiger partial charge >= 0.3 is 0 Å². The van der Waals surface area contributed by atoms with Crippen LogP contribution in [-0.2, 0) is 11.3 Å². The van der Waals surface area contributed by atoms with Crippen LogP contribution in [-0.4, -0.2) is 43.4 Å². The Hall–Kier alpha value is -1.38. The van der Waals surface area contributed by atoms with E-state index in [4.69, 9.17) is 0 Å². The highest BCUT2D eigenvalue weighted by Gasteiger charge is 2.22. The lowest BCUT2D eigenvalue weighted by molar-refractivity contribution is -0.127. The van der Waals surface area contributed by atoms with E-state index in [2.05, 4.69) is 22.5 Å². The van der Waals surface area contributed by atoms with E-state index in [1.165, 1.54) is 30.2 Å². The molecule has 5 nitrogen and oxygen atoms in total. The first-order chi connectivity index (χ1) is 12.0. The summed E-state index contributed by atoms with van der Waals surface area (Å²) < 4.78 is 13.8. The molecule has 0 spiro atoms. The minimum absolute atomic E-state index is 0. The van der Waals surface area contributed by atoms with E-state index >= 15 is 0 Å². The average molecular weight is 476 g/mol. The molecular formula is C19H30FIN4O. The number of rotatable bonds is 5. The van der Waals surface area contributed by atoms with Crippen LogP contribution in [0.4, 0.5) is 4.39 Å². The largest absolute Gasteiger partial charge is 0.353 e. The highest BCUT2D eigenvalue weighted by molar-refractivity contribution is 14.0. The fourth-order valence-electron chi connectivity index (χ4n) is 2.97. The molecule has 7 heteroatoms. The van der Waals surface area contributed by atoms with Crippen molar-refractivity contribution in [3.8, 4) is 0 Å². The van der Waals surface area contributed by atoms with Gasteiger partial charge in [0.25, 0.3) is 0 Å². The van der Waals surface area contributed by atoms with Gasteiger partial charge in [0.05, 0.1) is 13.1 Å². The van der Waals surface area contributed by atoms with E-state index in [0.717, 1.165) is 6.42 Å². The molecule has 0 aliphatic heterocycles. The van der Waals surface area contributed by atoms with Gasteiger partial charge < -0.3 is 15.5 Å². The van der Waals surface area contributed by atoms with Gasteiger partial charge in [-0.1, -0.05) is 38.0 Å². The Morgan fingerprint density at radius 2 is 1.96 bits per heavy atom. The zero-order chi connectivity index (χ0) is 18.2. The van der Waals surface area contributed by atoms with Gasteiger partial charge in [-0.2, -0.15) is 0 Å². The third-order valence-corrected chi connectivity index (χ3v) is 4.70.